The van der Waals surface area contributed by atoms with Crippen LogP contribution in [0.1, 0.15) is 12.6 Å². The highest BCUT2D eigenvalue weighted by Crippen LogP contribution is 1.98. The Hall–Kier alpha value is -1.49. The van der Waals surface area contributed by atoms with E-state index < -0.39 is 0 Å². The maximum absolute atomic E-state index is 12.5. The molecule has 0 saturated heterocycles. The highest BCUT2D eigenvalue weighted by atomic mass is 19.1. The maximum Gasteiger partial charge on any atom is 0.161 e. The van der Waals surface area contributed by atoms with E-state index in [9.17, 15) is 4.39 Å². The molecule has 0 aliphatic carbocycles. The van der Waals surface area contributed by atoms with Crippen molar-refractivity contribution >= 4 is 5.84 Å². The summed E-state index contributed by atoms with van der Waals surface area (Å²) >= 11 is 0. The Bertz CT molecular complexity index is 294. The van der Waals surface area contributed by atoms with Crippen molar-refractivity contribution in [1.29, 1.82) is 0 Å². The molecule has 1 rings (SSSR count). The minimum atomic E-state index is -0.378. The average Bonchev–Trinajstić information content (AvgIpc) is 2.16. The van der Waals surface area contributed by atoms with Gasteiger partial charge in [-0.05, 0) is 19.1 Å². The van der Waals surface area contributed by atoms with Gasteiger partial charge in [0.25, 0.3) is 0 Å². The van der Waals surface area contributed by atoms with Crippen molar-refractivity contribution in [3.05, 3.63) is 29.8 Å². The van der Waals surface area contributed by atoms with Crippen LogP contribution in [0.3, 0.4) is 0 Å². The molecule has 0 unspecified atom stereocenters. The number of halogens is 1. The first kappa shape index (κ1) is 9.60. The van der Waals surface area contributed by atoms with E-state index >= 15 is 0 Å². The molecule has 3 N–H and O–H groups in total. The van der Waals surface area contributed by atoms with Crippen molar-refractivity contribution in [1.82, 2.24) is 10.4 Å². The van der Waals surface area contributed by atoms with Crippen molar-refractivity contribution < 1.29 is 4.39 Å². The summed E-state index contributed by atoms with van der Waals surface area (Å²) in [6, 6.07) is 2.83. The molecule has 1 aromatic heterocycles. The molecule has 0 bridgehead atoms. The number of hydrogen-bond donors (Lipinski definition) is 2. The minimum Gasteiger partial charge on any atom is -0.307 e. The number of rotatable bonds is 2. The molecule has 0 fully saturated rings. The lowest BCUT2D eigenvalue weighted by molar-refractivity contribution is 0.621. The van der Waals surface area contributed by atoms with Gasteiger partial charge in [-0.2, -0.15) is 0 Å². The molecule has 0 spiro atoms. The Morgan fingerprint density at radius 3 is 2.92 bits per heavy atom. The zero-order chi connectivity index (χ0) is 9.68. The lowest BCUT2D eigenvalue weighted by Gasteiger charge is -2.03. The Labute approximate surface area is 75.7 Å². The summed E-state index contributed by atoms with van der Waals surface area (Å²) in [4.78, 5) is 7.86. The van der Waals surface area contributed by atoms with Gasteiger partial charge in [0.15, 0.2) is 5.84 Å². The van der Waals surface area contributed by atoms with Gasteiger partial charge in [-0.15, -0.1) is 0 Å². The molecule has 0 saturated carbocycles. The molecule has 0 aromatic carbocycles. The monoisotopic (exact) mass is 182 g/mol. The number of nitrogens with zero attached hydrogens (tertiary/aromatic N) is 2. The minimum absolute atomic E-state index is 0.378. The highest BCUT2D eigenvalue weighted by Gasteiger charge is 2.01. The van der Waals surface area contributed by atoms with Crippen LogP contribution < -0.4 is 11.3 Å². The number of hydrazine groups is 1. The fourth-order valence-electron chi connectivity index (χ4n) is 0.875. The normalized spacial score (nSPS) is 11.5. The fraction of sp³-hybridized carbons (Fsp3) is 0.250. The number of amidine groups is 1. The quantitative estimate of drug-likeness (QED) is 0.302. The molecule has 4 nitrogen and oxygen atoms in total. The predicted octanol–water partition coefficient (Wildman–Crippen LogP) is 0.451. The molecule has 0 atom stereocenters. The van der Waals surface area contributed by atoms with Crippen LogP contribution in [-0.4, -0.2) is 17.4 Å². The molecule has 70 valence electrons. The van der Waals surface area contributed by atoms with E-state index in [1.807, 2.05) is 6.92 Å². The van der Waals surface area contributed by atoms with E-state index in [0.717, 1.165) is 6.20 Å². The molecular weight excluding hydrogens is 171 g/mol. The summed E-state index contributed by atoms with van der Waals surface area (Å²) < 4.78 is 12.5. The molecule has 0 radical (unpaired) electrons. The number of pyridine rings is 1. The number of aromatic nitrogens is 1. The first-order valence-corrected chi connectivity index (χ1v) is 3.91. The SMILES string of the molecule is CCN=C(NN)c1ccc(F)cn1. The summed E-state index contributed by atoms with van der Waals surface area (Å²) in [5.74, 6) is 5.30. The summed E-state index contributed by atoms with van der Waals surface area (Å²) in [5.41, 5.74) is 2.94. The lowest BCUT2D eigenvalue weighted by atomic mass is 10.3. The highest BCUT2D eigenvalue weighted by molar-refractivity contribution is 5.96. The second kappa shape index (κ2) is 4.51. The van der Waals surface area contributed by atoms with Gasteiger partial charge < -0.3 is 5.43 Å². The van der Waals surface area contributed by atoms with Gasteiger partial charge >= 0.3 is 0 Å². The second-order valence-electron chi connectivity index (χ2n) is 2.33. The topological polar surface area (TPSA) is 63.3 Å². The van der Waals surface area contributed by atoms with Crippen LogP contribution in [0.25, 0.3) is 0 Å². The zero-order valence-corrected chi connectivity index (χ0v) is 7.29. The van der Waals surface area contributed by atoms with E-state index in [2.05, 4.69) is 15.4 Å². The predicted molar refractivity (Wildman–Crippen MR) is 48.6 cm³/mol. The van der Waals surface area contributed by atoms with Gasteiger partial charge in [-0.1, -0.05) is 0 Å². The van der Waals surface area contributed by atoms with Crippen molar-refractivity contribution in [3.63, 3.8) is 0 Å². The average molecular weight is 182 g/mol. The van der Waals surface area contributed by atoms with Crippen LogP contribution in [0.4, 0.5) is 4.39 Å². The Morgan fingerprint density at radius 2 is 2.46 bits per heavy atom. The largest absolute Gasteiger partial charge is 0.307 e. The lowest BCUT2D eigenvalue weighted by Crippen LogP contribution is -2.32. The van der Waals surface area contributed by atoms with Crippen molar-refractivity contribution in [2.75, 3.05) is 6.54 Å². The molecule has 0 aliphatic rings. The third kappa shape index (κ3) is 2.48. The number of nitrogens with two attached hydrogens (primary N) is 1. The standard InChI is InChI=1S/C8H11FN4/c1-2-11-8(13-10)7-4-3-6(9)5-12-7/h3-5H,2,10H2,1H3,(H,11,13). The second-order valence-corrected chi connectivity index (χ2v) is 2.33. The van der Waals surface area contributed by atoms with Crippen molar-refractivity contribution in [3.8, 4) is 0 Å². The van der Waals surface area contributed by atoms with Gasteiger partial charge in [0.2, 0.25) is 0 Å². The molecule has 1 heterocycles. The van der Waals surface area contributed by atoms with Crippen molar-refractivity contribution in [2.24, 2.45) is 10.8 Å². The first-order chi connectivity index (χ1) is 6.27. The van der Waals surface area contributed by atoms with Crippen molar-refractivity contribution in [2.45, 2.75) is 6.92 Å². The Balaban J connectivity index is 2.92. The van der Waals surface area contributed by atoms with E-state index in [0.29, 0.717) is 18.1 Å². The third-order valence-corrected chi connectivity index (χ3v) is 1.42. The molecule has 5 heteroatoms. The van der Waals surface area contributed by atoms with Gasteiger partial charge in [0.1, 0.15) is 11.5 Å². The Kier molecular flexibility index (Phi) is 3.33. The number of nitrogens with one attached hydrogen (secondary N) is 1. The van der Waals surface area contributed by atoms with Crippen LogP contribution in [0.2, 0.25) is 0 Å². The molecule has 0 amide bonds. The number of hydrogen-bond acceptors (Lipinski definition) is 3. The fourth-order valence-corrected chi connectivity index (χ4v) is 0.875. The van der Waals surface area contributed by atoms with Crippen LogP contribution >= 0.6 is 0 Å². The van der Waals surface area contributed by atoms with E-state index in [1.54, 1.807) is 0 Å². The van der Waals surface area contributed by atoms with E-state index in [1.165, 1.54) is 12.1 Å². The van der Waals surface area contributed by atoms with E-state index in [4.69, 9.17) is 5.84 Å². The van der Waals surface area contributed by atoms with Gasteiger partial charge in [0.05, 0.1) is 6.20 Å². The van der Waals surface area contributed by atoms with Crippen LogP contribution in [0.5, 0.6) is 0 Å². The molecule has 13 heavy (non-hydrogen) atoms. The van der Waals surface area contributed by atoms with Crippen LogP contribution in [0, 0.1) is 5.82 Å². The number of aliphatic imine (C=N–C) groups is 1. The van der Waals surface area contributed by atoms with Crippen LogP contribution in [-0.2, 0) is 0 Å². The third-order valence-electron chi connectivity index (χ3n) is 1.42. The van der Waals surface area contributed by atoms with Gasteiger partial charge in [-0.25, -0.2) is 15.2 Å². The van der Waals surface area contributed by atoms with Gasteiger partial charge in [-0.3, -0.25) is 4.99 Å². The zero-order valence-electron chi connectivity index (χ0n) is 7.29. The first-order valence-electron chi connectivity index (χ1n) is 3.91. The van der Waals surface area contributed by atoms with Crippen LogP contribution in [0.15, 0.2) is 23.3 Å². The molecule has 1 aromatic rings. The smallest absolute Gasteiger partial charge is 0.161 e. The molecule has 0 aliphatic heterocycles. The summed E-state index contributed by atoms with van der Waals surface area (Å²) in [6.07, 6.45) is 1.12. The summed E-state index contributed by atoms with van der Waals surface area (Å²) in [6.45, 7) is 2.47. The Morgan fingerprint density at radius 1 is 1.69 bits per heavy atom. The maximum atomic E-state index is 12.5. The van der Waals surface area contributed by atoms with E-state index in [-0.39, 0.29) is 5.82 Å². The summed E-state index contributed by atoms with van der Waals surface area (Å²) in [5, 5.41) is 0. The molecular formula is C8H11FN4. The van der Waals surface area contributed by atoms with Gasteiger partial charge in [0, 0.05) is 6.54 Å². The summed E-state index contributed by atoms with van der Waals surface area (Å²) in [7, 11) is 0.